The van der Waals surface area contributed by atoms with Gasteiger partial charge in [-0.1, -0.05) is 23.7 Å². The van der Waals surface area contributed by atoms with Gasteiger partial charge in [-0.2, -0.15) is 0 Å². The highest BCUT2D eigenvalue weighted by Crippen LogP contribution is 2.26. The van der Waals surface area contributed by atoms with Crippen molar-refractivity contribution in [1.29, 1.82) is 0 Å². The molecule has 0 radical (unpaired) electrons. The first-order chi connectivity index (χ1) is 14.2. The topological polar surface area (TPSA) is 69.3 Å². The molecule has 0 spiro atoms. The summed E-state index contributed by atoms with van der Waals surface area (Å²) in [6.07, 6.45) is -2.00. The molecule has 0 atom stereocenters. The predicted octanol–water partition coefficient (Wildman–Crippen LogP) is 4.49. The summed E-state index contributed by atoms with van der Waals surface area (Å²) in [5.41, 5.74) is 0.974. The molecule has 4 aromatic rings. The Morgan fingerprint density at radius 2 is 1.83 bits per heavy atom. The minimum atomic E-state index is -4.82. The summed E-state index contributed by atoms with van der Waals surface area (Å²) in [5, 5.41) is 11.5. The fourth-order valence-electron chi connectivity index (χ4n) is 3.15. The molecule has 0 aliphatic rings. The highest BCUT2D eigenvalue weighted by Gasteiger charge is 2.31. The van der Waals surface area contributed by atoms with Crippen LogP contribution in [-0.4, -0.2) is 25.6 Å². The Bertz CT molecular complexity index is 1280. The van der Waals surface area contributed by atoms with Crippen LogP contribution in [0.1, 0.15) is 5.56 Å². The van der Waals surface area contributed by atoms with Gasteiger partial charge in [0, 0.05) is 11.6 Å². The van der Waals surface area contributed by atoms with Crippen LogP contribution in [-0.2, 0) is 6.54 Å². The number of rotatable bonds is 4. The van der Waals surface area contributed by atoms with Crippen molar-refractivity contribution in [2.45, 2.75) is 12.9 Å². The van der Waals surface area contributed by atoms with E-state index in [1.165, 1.54) is 22.9 Å². The number of imidazole rings is 1. The lowest BCUT2D eigenvalue weighted by atomic mass is 10.1. The van der Waals surface area contributed by atoms with Gasteiger partial charge in [-0.15, -0.1) is 13.2 Å². The Balaban J connectivity index is 1.69. The summed E-state index contributed by atoms with van der Waals surface area (Å²) in [4.78, 5) is 17.1. The Hall–Kier alpha value is -3.46. The lowest BCUT2D eigenvalue weighted by Crippen LogP contribution is -2.23. The molecule has 6 nitrogen and oxygen atoms in total. The maximum absolute atomic E-state index is 12.8. The Morgan fingerprint density at radius 1 is 1.10 bits per heavy atom. The second kappa shape index (κ2) is 7.42. The van der Waals surface area contributed by atoms with E-state index in [0.717, 1.165) is 27.6 Å². The van der Waals surface area contributed by atoms with E-state index >= 15 is 0 Å². The van der Waals surface area contributed by atoms with Crippen LogP contribution >= 0.6 is 11.6 Å². The molecule has 4 rings (SSSR count). The van der Waals surface area contributed by atoms with Gasteiger partial charge in [0.2, 0.25) is 5.88 Å². The summed E-state index contributed by atoms with van der Waals surface area (Å²) in [5.74, 6) is -0.792. The van der Waals surface area contributed by atoms with Gasteiger partial charge in [0.25, 0.3) is 0 Å². The monoisotopic (exact) mass is 435 g/mol. The maximum Gasteiger partial charge on any atom is 0.573 e. The van der Waals surface area contributed by atoms with Crippen molar-refractivity contribution in [2.24, 2.45) is 0 Å². The summed E-state index contributed by atoms with van der Waals surface area (Å²) in [6, 6.07) is 11.7. The smallest absolute Gasteiger partial charge is 0.493 e. The van der Waals surface area contributed by atoms with Crippen molar-refractivity contribution >= 4 is 22.5 Å². The van der Waals surface area contributed by atoms with E-state index < -0.39 is 17.8 Å². The lowest BCUT2D eigenvalue weighted by Gasteiger charge is -2.09. The van der Waals surface area contributed by atoms with Crippen molar-refractivity contribution in [3.8, 4) is 17.3 Å². The van der Waals surface area contributed by atoms with E-state index in [-0.39, 0.29) is 18.1 Å². The molecule has 0 unspecified atom stereocenters. The second-order valence-corrected chi connectivity index (χ2v) is 6.79. The first-order valence-corrected chi connectivity index (χ1v) is 9.00. The zero-order chi connectivity index (χ0) is 21.5. The van der Waals surface area contributed by atoms with E-state index in [2.05, 4.69) is 9.72 Å². The van der Waals surface area contributed by atoms with Gasteiger partial charge in [0.05, 0.1) is 29.0 Å². The first kappa shape index (κ1) is 19.8. The standard InChI is InChI=1S/C20H13ClF3N3O3/c21-16-3-1-2-15-12(8-9-25-18(15)16)10-26-11-17(28)27(19(26)29)13-4-6-14(7-5-13)30-20(22,23)24/h1-9,11,28H,10H2. The molecule has 2 heterocycles. The average Bonchev–Trinajstić information content (AvgIpc) is 2.95. The second-order valence-electron chi connectivity index (χ2n) is 6.38. The number of benzene rings is 2. The molecule has 0 fully saturated rings. The third-order valence-electron chi connectivity index (χ3n) is 4.42. The zero-order valence-electron chi connectivity index (χ0n) is 15.1. The molecule has 154 valence electrons. The van der Waals surface area contributed by atoms with E-state index in [1.807, 2.05) is 6.07 Å². The van der Waals surface area contributed by atoms with Gasteiger partial charge in [-0.05, 0) is 42.0 Å². The normalized spacial score (nSPS) is 11.7. The third-order valence-corrected chi connectivity index (χ3v) is 4.72. The van der Waals surface area contributed by atoms with Crippen LogP contribution in [0.2, 0.25) is 5.02 Å². The van der Waals surface area contributed by atoms with Gasteiger partial charge in [-0.3, -0.25) is 9.55 Å². The number of hydrogen-bond donors (Lipinski definition) is 1. The quantitative estimate of drug-likeness (QED) is 0.512. The number of aromatic hydroxyl groups is 1. The number of alkyl halides is 3. The summed E-state index contributed by atoms with van der Waals surface area (Å²) >= 11 is 6.17. The van der Waals surface area contributed by atoms with Gasteiger partial charge in [-0.25, -0.2) is 9.36 Å². The molecule has 2 aromatic carbocycles. The number of fused-ring (bicyclic) bond motifs is 1. The molecule has 0 aliphatic heterocycles. The van der Waals surface area contributed by atoms with Crippen molar-refractivity contribution < 1.29 is 23.0 Å². The zero-order valence-corrected chi connectivity index (χ0v) is 15.9. The molecule has 10 heteroatoms. The van der Waals surface area contributed by atoms with Crippen LogP contribution in [0.5, 0.6) is 11.6 Å². The molecule has 0 saturated carbocycles. The van der Waals surface area contributed by atoms with E-state index in [4.69, 9.17) is 11.6 Å². The molecule has 2 aromatic heterocycles. The van der Waals surface area contributed by atoms with Crippen LogP contribution in [0.25, 0.3) is 16.6 Å². The molecular weight excluding hydrogens is 423 g/mol. The number of para-hydroxylation sites is 1. The highest BCUT2D eigenvalue weighted by atomic mass is 35.5. The van der Waals surface area contributed by atoms with E-state index in [1.54, 1.807) is 24.4 Å². The van der Waals surface area contributed by atoms with Gasteiger partial charge >= 0.3 is 12.1 Å². The number of aromatic nitrogens is 3. The summed E-state index contributed by atoms with van der Waals surface area (Å²) in [6.45, 7) is 0.133. The summed E-state index contributed by atoms with van der Waals surface area (Å²) < 4.78 is 43.0. The molecule has 0 amide bonds. The number of halogens is 4. The number of nitrogens with zero attached hydrogens (tertiary/aromatic N) is 3. The third kappa shape index (κ3) is 3.84. The Morgan fingerprint density at radius 3 is 2.53 bits per heavy atom. The number of ether oxygens (including phenoxy) is 1. The fraction of sp³-hybridized carbons (Fsp3) is 0.100. The first-order valence-electron chi connectivity index (χ1n) is 8.62. The van der Waals surface area contributed by atoms with E-state index in [9.17, 15) is 23.1 Å². The molecular formula is C20H13ClF3N3O3. The van der Waals surface area contributed by atoms with Crippen molar-refractivity contribution in [2.75, 3.05) is 0 Å². The van der Waals surface area contributed by atoms with Gasteiger partial charge in [0.15, 0.2) is 0 Å². The maximum atomic E-state index is 12.8. The molecule has 30 heavy (non-hydrogen) atoms. The van der Waals surface area contributed by atoms with Crippen LogP contribution in [0.15, 0.2) is 65.7 Å². The lowest BCUT2D eigenvalue weighted by molar-refractivity contribution is -0.274. The van der Waals surface area contributed by atoms with Gasteiger partial charge in [0.1, 0.15) is 5.75 Å². The predicted molar refractivity (Wildman–Crippen MR) is 104 cm³/mol. The van der Waals surface area contributed by atoms with Crippen molar-refractivity contribution in [3.63, 3.8) is 0 Å². The SMILES string of the molecule is O=c1n(Cc2ccnc3c(Cl)cccc23)cc(O)n1-c1ccc(OC(F)(F)F)cc1. The molecule has 1 N–H and O–H groups in total. The van der Waals surface area contributed by atoms with Crippen LogP contribution in [0.3, 0.4) is 0 Å². The fourth-order valence-corrected chi connectivity index (χ4v) is 3.37. The highest BCUT2D eigenvalue weighted by molar-refractivity contribution is 6.35. The number of pyridine rings is 1. The minimum Gasteiger partial charge on any atom is -0.493 e. The van der Waals surface area contributed by atoms with E-state index in [0.29, 0.717) is 10.5 Å². The largest absolute Gasteiger partial charge is 0.573 e. The average molecular weight is 436 g/mol. The number of hydrogen-bond acceptors (Lipinski definition) is 4. The molecule has 0 saturated heterocycles. The van der Waals surface area contributed by atoms with Crippen LogP contribution < -0.4 is 10.4 Å². The Labute approximate surface area is 172 Å². The van der Waals surface area contributed by atoms with Crippen molar-refractivity contribution in [1.82, 2.24) is 14.1 Å². The molecule has 0 bridgehead atoms. The van der Waals surface area contributed by atoms with Gasteiger partial charge < -0.3 is 9.84 Å². The minimum absolute atomic E-state index is 0.133. The molecule has 0 aliphatic carbocycles. The van der Waals surface area contributed by atoms with Crippen molar-refractivity contribution in [3.05, 3.63) is 82.0 Å². The van der Waals surface area contributed by atoms with Crippen LogP contribution in [0.4, 0.5) is 13.2 Å². The van der Waals surface area contributed by atoms with Crippen LogP contribution in [0, 0.1) is 0 Å². The summed E-state index contributed by atoms with van der Waals surface area (Å²) in [7, 11) is 0. The Kier molecular flexibility index (Phi) is 4.90.